The minimum atomic E-state index is -0.445. The molecule has 16 heavy (non-hydrogen) atoms. The van der Waals surface area contributed by atoms with Crippen LogP contribution in [-0.4, -0.2) is 49.4 Å². The lowest BCUT2D eigenvalue weighted by Gasteiger charge is -2.10. The maximum atomic E-state index is 8.69. The average molecular weight is 236 g/mol. The summed E-state index contributed by atoms with van der Waals surface area (Å²) in [7, 11) is 1.74. The fourth-order valence-electron chi connectivity index (χ4n) is 0.710. The Morgan fingerprint density at radius 3 is 1.94 bits per heavy atom. The first kappa shape index (κ1) is 18.2. The van der Waals surface area contributed by atoms with E-state index < -0.39 is 6.10 Å². The van der Waals surface area contributed by atoms with Crippen molar-refractivity contribution < 1.29 is 19.7 Å². The van der Waals surface area contributed by atoms with E-state index in [4.69, 9.17) is 19.7 Å². The van der Waals surface area contributed by atoms with Crippen molar-refractivity contribution in [1.82, 2.24) is 0 Å². The molecule has 0 rings (SSSR count). The summed E-state index contributed by atoms with van der Waals surface area (Å²) >= 11 is 0. The second-order valence-corrected chi connectivity index (χ2v) is 4.35. The van der Waals surface area contributed by atoms with E-state index in [1.807, 2.05) is 0 Å². The van der Waals surface area contributed by atoms with Crippen LogP contribution in [0.25, 0.3) is 0 Å². The van der Waals surface area contributed by atoms with Gasteiger partial charge < -0.3 is 19.7 Å². The summed E-state index contributed by atoms with van der Waals surface area (Å²) in [5.74, 6) is 0.778. The van der Waals surface area contributed by atoms with Crippen LogP contribution >= 0.6 is 0 Å². The Labute approximate surface area is 99.6 Å². The standard InChI is InChI=1S/C6H14O3.C6H14O/c1-5(8)4-9-6(2)3-7;1-6(2)4-5-7-3/h5-8H,3-4H2,1-2H3;6H,4-5H2,1-3H3. The van der Waals surface area contributed by atoms with Gasteiger partial charge in [-0.15, -0.1) is 0 Å². The smallest absolute Gasteiger partial charge is 0.0779 e. The second kappa shape index (κ2) is 12.9. The monoisotopic (exact) mass is 236 g/mol. The van der Waals surface area contributed by atoms with Gasteiger partial charge in [0.15, 0.2) is 0 Å². The molecule has 0 aliphatic rings. The van der Waals surface area contributed by atoms with Crippen molar-refractivity contribution in [3.63, 3.8) is 0 Å². The van der Waals surface area contributed by atoms with Crippen LogP contribution in [0, 0.1) is 5.92 Å². The van der Waals surface area contributed by atoms with E-state index in [0.29, 0.717) is 6.61 Å². The molecule has 0 radical (unpaired) electrons. The molecule has 0 saturated carbocycles. The Morgan fingerprint density at radius 1 is 1.12 bits per heavy atom. The lowest BCUT2D eigenvalue weighted by molar-refractivity contribution is -0.0177. The van der Waals surface area contributed by atoms with Gasteiger partial charge in [0, 0.05) is 13.7 Å². The molecule has 2 atom stereocenters. The van der Waals surface area contributed by atoms with Crippen molar-refractivity contribution >= 4 is 0 Å². The van der Waals surface area contributed by atoms with Gasteiger partial charge in [-0.1, -0.05) is 13.8 Å². The molecular formula is C12H28O4. The molecule has 4 nitrogen and oxygen atoms in total. The Balaban J connectivity index is 0. The number of ether oxygens (including phenoxy) is 2. The van der Waals surface area contributed by atoms with E-state index >= 15 is 0 Å². The molecule has 0 spiro atoms. The zero-order valence-corrected chi connectivity index (χ0v) is 11.3. The summed E-state index contributed by atoms with van der Waals surface area (Å²) in [5.41, 5.74) is 0. The molecule has 0 aliphatic carbocycles. The summed E-state index contributed by atoms with van der Waals surface area (Å²) in [6, 6.07) is 0. The molecule has 0 aliphatic heterocycles. The van der Waals surface area contributed by atoms with Gasteiger partial charge >= 0.3 is 0 Å². The van der Waals surface area contributed by atoms with Crippen molar-refractivity contribution in [3.05, 3.63) is 0 Å². The Bertz CT molecular complexity index is 126. The van der Waals surface area contributed by atoms with Crippen LogP contribution in [0.2, 0.25) is 0 Å². The molecule has 0 amide bonds. The van der Waals surface area contributed by atoms with Gasteiger partial charge in [-0.3, -0.25) is 0 Å². The molecular weight excluding hydrogens is 208 g/mol. The molecule has 0 fully saturated rings. The molecule has 0 aromatic carbocycles. The normalized spacial score (nSPS) is 14.2. The summed E-state index contributed by atoms with van der Waals surface area (Å²) < 4.78 is 9.81. The summed E-state index contributed by atoms with van der Waals surface area (Å²) in [6.07, 6.45) is 0.565. The van der Waals surface area contributed by atoms with Crippen LogP contribution in [0.15, 0.2) is 0 Å². The van der Waals surface area contributed by atoms with E-state index in [9.17, 15) is 0 Å². The molecule has 4 heteroatoms. The third kappa shape index (κ3) is 19.4. The van der Waals surface area contributed by atoms with Crippen molar-refractivity contribution in [2.24, 2.45) is 5.92 Å². The van der Waals surface area contributed by atoms with E-state index in [2.05, 4.69) is 13.8 Å². The van der Waals surface area contributed by atoms with Crippen molar-refractivity contribution in [2.75, 3.05) is 26.9 Å². The average Bonchev–Trinajstić information content (AvgIpc) is 2.23. The lowest BCUT2D eigenvalue weighted by Crippen LogP contribution is -2.19. The van der Waals surface area contributed by atoms with Gasteiger partial charge in [-0.25, -0.2) is 0 Å². The van der Waals surface area contributed by atoms with Crippen LogP contribution in [0.3, 0.4) is 0 Å². The number of rotatable bonds is 7. The van der Waals surface area contributed by atoms with Crippen molar-refractivity contribution in [1.29, 1.82) is 0 Å². The third-order valence-corrected chi connectivity index (χ3v) is 1.78. The fraction of sp³-hybridized carbons (Fsp3) is 1.00. The summed E-state index contributed by atoms with van der Waals surface area (Å²) in [6.45, 7) is 8.98. The van der Waals surface area contributed by atoms with Gasteiger partial charge in [0.05, 0.1) is 25.4 Å². The topological polar surface area (TPSA) is 58.9 Å². The highest BCUT2D eigenvalue weighted by Gasteiger charge is 2.00. The van der Waals surface area contributed by atoms with Gasteiger partial charge in [0.25, 0.3) is 0 Å². The Morgan fingerprint density at radius 2 is 1.69 bits per heavy atom. The van der Waals surface area contributed by atoms with Gasteiger partial charge in [-0.2, -0.15) is 0 Å². The molecule has 0 aromatic rings. The molecule has 0 heterocycles. The van der Waals surface area contributed by atoms with Crippen LogP contribution < -0.4 is 0 Å². The van der Waals surface area contributed by atoms with Crippen molar-refractivity contribution in [3.8, 4) is 0 Å². The zero-order chi connectivity index (χ0) is 13.0. The van der Waals surface area contributed by atoms with E-state index in [1.165, 1.54) is 6.42 Å². The number of hydrogen-bond acceptors (Lipinski definition) is 4. The Hall–Kier alpha value is -0.160. The summed E-state index contributed by atoms with van der Waals surface area (Å²) in [5, 5.41) is 17.1. The highest BCUT2D eigenvalue weighted by atomic mass is 16.5. The second-order valence-electron chi connectivity index (χ2n) is 4.35. The SMILES string of the molecule is CC(O)COC(C)CO.COCCC(C)C. The van der Waals surface area contributed by atoms with Crippen LogP contribution in [-0.2, 0) is 9.47 Å². The van der Waals surface area contributed by atoms with E-state index in [0.717, 1.165) is 12.5 Å². The molecule has 2 N–H and O–H groups in total. The first-order valence-corrected chi connectivity index (χ1v) is 5.83. The minimum absolute atomic E-state index is 0.00667. The molecule has 2 unspecified atom stereocenters. The predicted molar refractivity (Wildman–Crippen MR) is 65.5 cm³/mol. The third-order valence-electron chi connectivity index (χ3n) is 1.78. The zero-order valence-electron chi connectivity index (χ0n) is 11.3. The largest absolute Gasteiger partial charge is 0.394 e. The number of aliphatic hydroxyl groups excluding tert-OH is 2. The van der Waals surface area contributed by atoms with Crippen LogP contribution in [0.5, 0.6) is 0 Å². The lowest BCUT2D eigenvalue weighted by atomic mass is 10.1. The van der Waals surface area contributed by atoms with Gasteiger partial charge in [0.2, 0.25) is 0 Å². The maximum absolute atomic E-state index is 8.69. The van der Waals surface area contributed by atoms with Gasteiger partial charge in [0.1, 0.15) is 0 Å². The van der Waals surface area contributed by atoms with Gasteiger partial charge in [-0.05, 0) is 26.2 Å². The minimum Gasteiger partial charge on any atom is -0.394 e. The first-order chi connectivity index (χ1) is 7.43. The fourth-order valence-corrected chi connectivity index (χ4v) is 0.710. The Kier molecular flexibility index (Phi) is 14.7. The molecule has 100 valence electrons. The predicted octanol–water partition coefficient (Wildman–Crippen LogP) is 1.44. The molecule has 0 saturated heterocycles. The summed E-state index contributed by atoms with van der Waals surface area (Å²) in [4.78, 5) is 0. The van der Waals surface area contributed by atoms with E-state index in [-0.39, 0.29) is 12.7 Å². The number of aliphatic hydroxyl groups is 2. The highest BCUT2D eigenvalue weighted by molar-refractivity contribution is 4.47. The maximum Gasteiger partial charge on any atom is 0.0779 e. The van der Waals surface area contributed by atoms with E-state index in [1.54, 1.807) is 21.0 Å². The molecule has 0 bridgehead atoms. The quantitative estimate of drug-likeness (QED) is 0.702. The van der Waals surface area contributed by atoms with Crippen LogP contribution in [0.1, 0.15) is 34.1 Å². The highest BCUT2D eigenvalue weighted by Crippen LogP contribution is 1.96. The molecule has 0 aromatic heterocycles. The first-order valence-electron chi connectivity index (χ1n) is 5.83. The van der Waals surface area contributed by atoms with Crippen molar-refractivity contribution in [2.45, 2.75) is 46.3 Å². The number of methoxy groups -OCH3 is 1. The van der Waals surface area contributed by atoms with Crippen LogP contribution in [0.4, 0.5) is 0 Å². The number of hydrogen-bond donors (Lipinski definition) is 2.